The number of esters is 1. The highest BCUT2D eigenvalue weighted by atomic mass is 16.5. The molecule has 3 nitrogen and oxygen atoms in total. The average molecular weight is 268 g/mol. The second-order valence-electron chi connectivity index (χ2n) is 7.51. The Bertz CT molecular complexity index is 308. The van der Waals surface area contributed by atoms with E-state index >= 15 is 0 Å². The Balaban J connectivity index is 1.78. The van der Waals surface area contributed by atoms with E-state index in [4.69, 9.17) is 4.74 Å². The van der Waals surface area contributed by atoms with Crippen molar-refractivity contribution < 1.29 is 14.4 Å². The number of likely N-dealkylation sites (tertiary alicyclic amines) is 1. The molecule has 1 heterocycles. The van der Waals surface area contributed by atoms with E-state index in [1.54, 1.807) is 0 Å². The molecule has 0 bridgehead atoms. The fraction of sp³-hybridized carbons (Fsp3) is 0.938. The van der Waals surface area contributed by atoms with E-state index in [0.717, 1.165) is 25.9 Å². The molecule has 1 aliphatic heterocycles. The van der Waals surface area contributed by atoms with Gasteiger partial charge in [0.05, 0.1) is 13.1 Å². The van der Waals surface area contributed by atoms with Crippen molar-refractivity contribution in [1.82, 2.24) is 0 Å². The second kappa shape index (κ2) is 6.25. The van der Waals surface area contributed by atoms with Crippen molar-refractivity contribution in [2.75, 3.05) is 19.6 Å². The number of nitrogens with one attached hydrogen (secondary N) is 1. The SMILES string of the molecule is C[C@@H]1C[C@@H](OC(=O)C[NH+]2CCCCC2)CC(C)(C)C1. The zero-order valence-electron chi connectivity index (χ0n) is 12.8. The highest BCUT2D eigenvalue weighted by molar-refractivity contribution is 5.70. The summed E-state index contributed by atoms with van der Waals surface area (Å²) in [6.45, 7) is 9.71. The largest absolute Gasteiger partial charge is 0.458 e. The Morgan fingerprint density at radius 1 is 1.21 bits per heavy atom. The van der Waals surface area contributed by atoms with Crippen molar-refractivity contribution in [2.24, 2.45) is 11.3 Å². The fourth-order valence-corrected chi connectivity index (χ4v) is 4.01. The number of piperidine rings is 1. The van der Waals surface area contributed by atoms with E-state index in [1.807, 2.05) is 0 Å². The van der Waals surface area contributed by atoms with Crippen molar-refractivity contribution in [3.8, 4) is 0 Å². The molecule has 0 radical (unpaired) electrons. The zero-order valence-corrected chi connectivity index (χ0v) is 12.8. The van der Waals surface area contributed by atoms with Gasteiger partial charge in [-0.05, 0) is 49.9 Å². The molecule has 0 unspecified atom stereocenters. The maximum absolute atomic E-state index is 12.1. The van der Waals surface area contributed by atoms with Gasteiger partial charge in [0, 0.05) is 0 Å². The Labute approximate surface area is 117 Å². The van der Waals surface area contributed by atoms with Crippen molar-refractivity contribution in [3.63, 3.8) is 0 Å². The third-order valence-corrected chi connectivity index (χ3v) is 4.60. The molecule has 19 heavy (non-hydrogen) atoms. The lowest BCUT2D eigenvalue weighted by Crippen LogP contribution is -3.13. The van der Waals surface area contributed by atoms with E-state index in [0.29, 0.717) is 17.9 Å². The molecular weight excluding hydrogens is 238 g/mol. The molecule has 0 spiro atoms. The molecule has 1 saturated carbocycles. The maximum Gasteiger partial charge on any atom is 0.361 e. The topological polar surface area (TPSA) is 30.7 Å². The van der Waals surface area contributed by atoms with Gasteiger partial charge in [-0.25, -0.2) is 4.79 Å². The summed E-state index contributed by atoms with van der Waals surface area (Å²) in [4.78, 5) is 13.5. The third kappa shape index (κ3) is 4.79. The van der Waals surface area contributed by atoms with Gasteiger partial charge in [-0.15, -0.1) is 0 Å². The van der Waals surface area contributed by atoms with Crippen LogP contribution in [0.1, 0.15) is 59.3 Å². The minimum Gasteiger partial charge on any atom is -0.458 e. The lowest BCUT2D eigenvalue weighted by Gasteiger charge is -2.38. The first-order chi connectivity index (χ1) is 8.94. The molecule has 3 heteroatoms. The summed E-state index contributed by atoms with van der Waals surface area (Å²) in [7, 11) is 0. The van der Waals surface area contributed by atoms with Gasteiger partial charge in [-0.1, -0.05) is 20.8 Å². The van der Waals surface area contributed by atoms with E-state index in [-0.39, 0.29) is 12.1 Å². The number of carbonyl (C=O) groups is 1. The second-order valence-corrected chi connectivity index (χ2v) is 7.51. The number of rotatable bonds is 3. The van der Waals surface area contributed by atoms with Gasteiger partial charge in [-0.3, -0.25) is 0 Å². The Hall–Kier alpha value is -0.570. The van der Waals surface area contributed by atoms with Crippen molar-refractivity contribution in [1.29, 1.82) is 0 Å². The van der Waals surface area contributed by atoms with Crippen LogP contribution in [0.15, 0.2) is 0 Å². The molecule has 0 aromatic heterocycles. The molecule has 0 aromatic carbocycles. The Morgan fingerprint density at radius 3 is 2.53 bits per heavy atom. The van der Waals surface area contributed by atoms with E-state index in [2.05, 4.69) is 20.8 Å². The lowest BCUT2D eigenvalue weighted by molar-refractivity contribution is -0.897. The first kappa shape index (κ1) is 14.8. The Morgan fingerprint density at radius 2 is 1.89 bits per heavy atom. The zero-order chi connectivity index (χ0) is 13.9. The molecule has 2 atom stereocenters. The van der Waals surface area contributed by atoms with Crippen molar-refractivity contribution in [3.05, 3.63) is 0 Å². The minimum atomic E-state index is 0.0202. The number of hydrogen-bond acceptors (Lipinski definition) is 2. The lowest BCUT2D eigenvalue weighted by atomic mass is 9.71. The van der Waals surface area contributed by atoms with Gasteiger partial charge in [-0.2, -0.15) is 0 Å². The standard InChI is InChI=1S/C16H29NO2/c1-13-9-14(11-16(2,3)10-13)19-15(18)12-17-7-5-4-6-8-17/h13-14H,4-12H2,1-3H3/p+1/t13-,14-/m1/s1. The number of carbonyl (C=O) groups excluding carboxylic acids is 1. The summed E-state index contributed by atoms with van der Waals surface area (Å²) in [6.07, 6.45) is 7.32. The normalized spacial score (nSPS) is 31.9. The summed E-state index contributed by atoms with van der Waals surface area (Å²) in [5.74, 6) is 0.690. The predicted molar refractivity (Wildman–Crippen MR) is 76.1 cm³/mol. The molecule has 2 rings (SSSR count). The van der Waals surface area contributed by atoms with E-state index in [9.17, 15) is 4.79 Å². The summed E-state index contributed by atoms with van der Waals surface area (Å²) in [5.41, 5.74) is 0.320. The first-order valence-electron chi connectivity index (χ1n) is 7.98. The van der Waals surface area contributed by atoms with Crippen LogP contribution in [-0.4, -0.2) is 31.7 Å². The van der Waals surface area contributed by atoms with Crippen LogP contribution >= 0.6 is 0 Å². The Kier molecular flexibility index (Phi) is 4.88. The van der Waals surface area contributed by atoms with Gasteiger partial charge in [0.15, 0.2) is 6.54 Å². The van der Waals surface area contributed by atoms with Gasteiger partial charge >= 0.3 is 5.97 Å². The van der Waals surface area contributed by atoms with Gasteiger partial charge in [0.25, 0.3) is 0 Å². The molecule has 2 fully saturated rings. The summed E-state index contributed by atoms with van der Waals surface area (Å²) >= 11 is 0. The summed E-state index contributed by atoms with van der Waals surface area (Å²) < 4.78 is 5.74. The molecule has 110 valence electrons. The molecular formula is C16H30NO2+. The van der Waals surface area contributed by atoms with E-state index in [1.165, 1.54) is 30.6 Å². The maximum atomic E-state index is 12.1. The number of ether oxygens (including phenoxy) is 1. The van der Waals surface area contributed by atoms with Crippen LogP contribution in [0.25, 0.3) is 0 Å². The van der Waals surface area contributed by atoms with Crippen molar-refractivity contribution >= 4 is 5.97 Å². The first-order valence-corrected chi connectivity index (χ1v) is 7.98. The third-order valence-electron chi connectivity index (χ3n) is 4.60. The minimum absolute atomic E-state index is 0.0202. The average Bonchev–Trinajstić information content (AvgIpc) is 2.26. The summed E-state index contributed by atoms with van der Waals surface area (Å²) in [6, 6.07) is 0. The molecule has 1 saturated heterocycles. The monoisotopic (exact) mass is 268 g/mol. The quantitative estimate of drug-likeness (QED) is 0.792. The van der Waals surface area contributed by atoms with Crippen molar-refractivity contribution in [2.45, 2.75) is 65.4 Å². The molecule has 0 aromatic rings. The number of hydrogen-bond donors (Lipinski definition) is 1. The van der Waals surface area contributed by atoms with Gasteiger partial charge < -0.3 is 9.64 Å². The highest BCUT2D eigenvalue weighted by Crippen LogP contribution is 2.39. The van der Waals surface area contributed by atoms with Crippen LogP contribution in [0.3, 0.4) is 0 Å². The number of quaternary nitrogens is 1. The molecule has 0 amide bonds. The van der Waals surface area contributed by atoms with Crippen LogP contribution in [0.4, 0.5) is 0 Å². The van der Waals surface area contributed by atoms with Crippen LogP contribution in [-0.2, 0) is 9.53 Å². The predicted octanol–water partition coefficient (Wildman–Crippen LogP) is 1.81. The van der Waals surface area contributed by atoms with Gasteiger partial charge in [0.2, 0.25) is 0 Å². The van der Waals surface area contributed by atoms with Crippen LogP contribution in [0, 0.1) is 11.3 Å². The molecule has 2 aliphatic rings. The fourth-order valence-electron chi connectivity index (χ4n) is 4.01. The highest BCUT2D eigenvalue weighted by Gasteiger charge is 2.34. The smallest absolute Gasteiger partial charge is 0.361 e. The van der Waals surface area contributed by atoms with Crippen LogP contribution < -0.4 is 4.90 Å². The van der Waals surface area contributed by atoms with E-state index < -0.39 is 0 Å². The van der Waals surface area contributed by atoms with Crippen LogP contribution in [0.5, 0.6) is 0 Å². The summed E-state index contributed by atoms with van der Waals surface area (Å²) in [5, 5.41) is 0. The molecule has 1 N–H and O–H groups in total. The molecule has 1 aliphatic carbocycles. The van der Waals surface area contributed by atoms with Gasteiger partial charge in [0.1, 0.15) is 6.10 Å². The van der Waals surface area contributed by atoms with Crippen LogP contribution in [0.2, 0.25) is 0 Å².